The number of hydrogen-bond acceptors (Lipinski definition) is 4. The minimum Gasteiger partial charge on any atom is -0.444 e. The molecule has 1 saturated carbocycles. The van der Waals surface area contributed by atoms with Gasteiger partial charge in [-0.05, 0) is 69.6 Å². The van der Waals surface area contributed by atoms with Gasteiger partial charge < -0.3 is 20.1 Å². The van der Waals surface area contributed by atoms with Crippen LogP contribution in [0.5, 0.6) is 0 Å². The van der Waals surface area contributed by atoms with Crippen LogP contribution in [0.15, 0.2) is 29.3 Å². The third-order valence-corrected chi connectivity index (χ3v) is 4.95. The minimum atomic E-state index is -0.509. The number of carbonyl (C=O) groups excluding carboxylic acids is 1. The van der Waals surface area contributed by atoms with Crippen molar-refractivity contribution in [2.45, 2.75) is 52.1 Å². The predicted octanol–water partition coefficient (Wildman–Crippen LogP) is 3.56. The van der Waals surface area contributed by atoms with Gasteiger partial charge in [-0.15, -0.1) is 0 Å². The second-order valence-corrected chi connectivity index (χ2v) is 8.67. The van der Waals surface area contributed by atoms with Gasteiger partial charge in [0.05, 0.1) is 0 Å². The number of ether oxygens (including phenoxy) is 2. The smallest absolute Gasteiger partial charge is 0.412 e. The van der Waals surface area contributed by atoms with Gasteiger partial charge in [-0.3, -0.25) is 10.3 Å². The number of nitrogens with one attached hydrogen (secondary N) is 3. The Morgan fingerprint density at radius 1 is 1.17 bits per heavy atom. The molecule has 29 heavy (non-hydrogen) atoms. The second kappa shape index (κ2) is 10.5. The van der Waals surface area contributed by atoms with Gasteiger partial charge in [0, 0.05) is 39.5 Å². The molecule has 0 heterocycles. The van der Waals surface area contributed by atoms with Crippen LogP contribution in [-0.2, 0) is 15.9 Å². The first kappa shape index (κ1) is 23.0. The molecule has 0 saturated heterocycles. The summed E-state index contributed by atoms with van der Waals surface area (Å²) in [7, 11) is 3.55. The first-order chi connectivity index (χ1) is 13.8. The molecule has 2 rings (SSSR count). The van der Waals surface area contributed by atoms with E-state index in [0.717, 1.165) is 44.2 Å². The van der Waals surface area contributed by atoms with Gasteiger partial charge >= 0.3 is 6.09 Å². The van der Waals surface area contributed by atoms with E-state index in [2.05, 4.69) is 20.9 Å². The first-order valence-corrected chi connectivity index (χ1v) is 10.3. The molecule has 1 aromatic carbocycles. The van der Waals surface area contributed by atoms with Crippen LogP contribution in [0.3, 0.4) is 0 Å². The van der Waals surface area contributed by atoms with E-state index in [4.69, 9.17) is 9.47 Å². The molecule has 0 unspecified atom stereocenters. The van der Waals surface area contributed by atoms with Crippen LogP contribution in [0.1, 0.15) is 45.6 Å². The monoisotopic (exact) mass is 404 g/mol. The lowest BCUT2D eigenvalue weighted by Crippen LogP contribution is -2.41. The fourth-order valence-corrected chi connectivity index (χ4v) is 3.00. The summed E-state index contributed by atoms with van der Waals surface area (Å²) in [5.74, 6) is 0.830. The van der Waals surface area contributed by atoms with Crippen LogP contribution >= 0.6 is 0 Å². The van der Waals surface area contributed by atoms with E-state index in [9.17, 15) is 4.79 Å². The Morgan fingerprint density at radius 3 is 2.41 bits per heavy atom. The second-order valence-electron chi connectivity index (χ2n) is 8.67. The van der Waals surface area contributed by atoms with Crippen LogP contribution in [-0.4, -0.2) is 51.5 Å². The van der Waals surface area contributed by atoms with Gasteiger partial charge in [-0.25, -0.2) is 4.79 Å². The lowest BCUT2D eigenvalue weighted by molar-refractivity contribution is 0.0636. The maximum Gasteiger partial charge on any atom is 0.412 e. The molecule has 1 fully saturated rings. The highest BCUT2D eigenvalue weighted by molar-refractivity contribution is 5.84. The average molecular weight is 405 g/mol. The van der Waals surface area contributed by atoms with Crippen LogP contribution in [0.25, 0.3) is 0 Å². The molecule has 0 bridgehead atoms. The van der Waals surface area contributed by atoms with E-state index in [-0.39, 0.29) is 0 Å². The molecular formula is C22H36N4O3. The number of aliphatic imine (C=N–C) groups is 1. The molecule has 0 spiro atoms. The minimum absolute atomic E-state index is 0.380. The van der Waals surface area contributed by atoms with E-state index < -0.39 is 11.7 Å². The molecule has 1 amide bonds. The standard InChI is InChI=1S/C22H36N4O3/c1-21(2,3)29-20(27)26-18-8-6-17(7-9-18)10-14-24-19(23-4)25-16-22(11-12-22)13-15-28-5/h6-9H,10-16H2,1-5H3,(H,26,27)(H2,23,24,25). The van der Waals surface area contributed by atoms with Gasteiger partial charge in [0.2, 0.25) is 0 Å². The van der Waals surface area contributed by atoms with Crippen molar-refractivity contribution in [3.8, 4) is 0 Å². The third kappa shape index (κ3) is 8.73. The summed E-state index contributed by atoms with van der Waals surface area (Å²) in [6.45, 7) is 8.05. The summed E-state index contributed by atoms with van der Waals surface area (Å²) in [6.07, 6.45) is 4.02. The summed E-state index contributed by atoms with van der Waals surface area (Å²) in [5.41, 5.74) is 1.77. The Balaban J connectivity index is 1.70. The molecule has 1 aromatic rings. The third-order valence-electron chi connectivity index (χ3n) is 4.95. The summed E-state index contributed by atoms with van der Waals surface area (Å²) in [6, 6.07) is 7.79. The number of anilines is 1. The molecule has 3 N–H and O–H groups in total. The zero-order valence-electron chi connectivity index (χ0n) is 18.4. The first-order valence-electron chi connectivity index (χ1n) is 10.3. The maximum atomic E-state index is 11.8. The van der Waals surface area contributed by atoms with Gasteiger partial charge in [-0.2, -0.15) is 0 Å². The van der Waals surface area contributed by atoms with Crippen molar-refractivity contribution >= 4 is 17.7 Å². The van der Waals surface area contributed by atoms with Crippen molar-refractivity contribution in [1.82, 2.24) is 10.6 Å². The topological polar surface area (TPSA) is 84.0 Å². The lowest BCUT2D eigenvalue weighted by atomic mass is 10.0. The zero-order valence-corrected chi connectivity index (χ0v) is 18.4. The number of amides is 1. The fourth-order valence-electron chi connectivity index (χ4n) is 3.00. The van der Waals surface area contributed by atoms with Crippen molar-refractivity contribution in [3.63, 3.8) is 0 Å². The number of hydrogen-bond donors (Lipinski definition) is 3. The van der Waals surface area contributed by atoms with E-state index in [0.29, 0.717) is 5.41 Å². The summed E-state index contributed by atoms with van der Waals surface area (Å²) in [4.78, 5) is 16.1. The largest absolute Gasteiger partial charge is 0.444 e. The SMILES string of the molecule is CN=C(NCCc1ccc(NC(=O)OC(C)(C)C)cc1)NCC1(CCOC)CC1. The summed E-state index contributed by atoms with van der Waals surface area (Å²) >= 11 is 0. The molecule has 162 valence electrons. The fraction of sp³-hybridized carbons (Fsp3) is 0.636. The molecule has 0 aliphatic heterocycles. The molecule has 7 nitrogen and oxygen atoms in total. The number of nitrogens with zero attached hydrogens (tertiary/aromatic N) is 1. The van der Waals surface area contributed by atoms with Crippen molar-refractivity contribution in [2.75, 3.05) is 39.2 Å². The maximum absolute atomic E-state index is 11.8. The number of carbonyl (C=O) groups is 1. The van der Waals surface area contributed by atoms with Crippen molar-refractivity contribution in [1.29, 1.82) is 0 Å². The lowest BCUT2D eigenvalue weighted by Gasteiger charge is -2.19. The van der Waals surface area contributed by atoms with Crippen molar-refractivity contribution in [2.24, 2.45) is 10.4 Å². The molecule has 1 aliphatic rings. The number of guanidine groups is 1. The molecule has 0 aromatic heterocycles. The number of benzene rings is 1. The van der Waals surface area contributed by atoms with Crippen molar-refractivity contribution in [3.05, 3.63) is 29.8 Å². The highest BCUT2D eigenvalue weighted by atomic mass is 16.6. The Morgan fingerprint density at radius 2 is 1.86 bits per heavy atom. The van der Waals surface area contributed by atoms with E-state index in [1.807, 2.05) is 45.0 Å². The van der Waals surface area contributed by atoms with Gasteiger partial charge in [0.25, 0.3) is 0 Å². The quantitative estimate of drug-likeness (QED) is 0.433. The Labute approximate surface area is 174 Å². The molecule has 0 radical (unpaired) electrons. The van der Waals surface area contributed by atoms with Gasteiger partial charge in [-0.1, -0.05) is 12.1 Å². The van der Waals surface area contributed by atoms with E-state index in [1.165, 1.54) is 18.4 Å². The van der Waals surface area contributed by atoms with Crippen LogP contribution in [0, 0.1) is 5.41 Å². The van der Waals surface area contributed by atoms with E-state index in [1.54, 1.807) is 14.2 Å². The van der Waals surface area contributed by atoms with Gasteiger partial charge in [0.1, 0.15) is 5.60 Å². The van der Waals surface area contributed by atoms with Crippen molar-refractivity contribution < 1.29 is 14.3 Å². The highest BCUT2D eigenvalue weighted by Gasteiger charge is 2.41. The Hall–Kier alpha value is -2.28. The van der Waals surface area contributed by atoms with Crippen LogP contribution < -0.4 is 16.0 Å². The molecule has 7 heteroatoms. The predicted molar refractivity (Wildman–Crippen MR) is 118 cm³/mol. The van der Waals surface area contributed by atoms with Crippen LogP contribution in [0.4, 0.5) is 10.5 Å². The average Bonchev–Trinajstić information content (AvgIpc) is 3.43. The molecule has 0 atom stereocenters. The number of methoxy groups -OCH3 is 1. The summed E-state index contributed by atoms with van der Waals surface area (Å²) in [5, 5.41) is 9.55. The summed E-state index contributed by atoms with van der Waals surface area (Å²) < 4.78 is 10.5. The Bertz CT molecular complexity index is 676. The number of rotatable bonds is 9. The molecule has 1 aliphatic carbocycles. The highest BCUT2D eigenvalue weighted by Crippen LogP contribution is 2.48. The normalized spacial score (nSPS) is 15.6. The van der Waals surface area contributed by atoms with Gasteiger partial charge in [0.15, 0.2) is 5.96 Å². The van der Waals surface area contributed by atoms with E-state index >= 15 is 0 Å². The zero-order chi connectivity index (χ0) is 21.3. The van der Waals surface area contributed by atoms with Crippen LogP contribution in [0.2, 0.25) is 0 Å². The molecular weight excluding hydrogens is 368 g/mol. The Kier molecular flexibility index (Phi) is 8.32.